The van der Waals surface area contributed by atoms with E-state index in [0.29, 0.717) is 0 Å². The molecule has 0 saturated carbocycles. The smallest absolute Gasteiger partial charge is 0.0702 e. The van der Waals surface area contributed by atoms with Gasteiger partial charge in [-0.15, -0.1) is 0 Å². The number of hydrogen-bond donors (Lipinski definition) is 0. The van der Waals surface area contributed by atoms with Gasteiger partial charge in [-0.1, -0.05) is 105 Å². The van der Waals surface area contributed by atoms with Crippen LogP contribution in [0, 0.1) is 0 Å². The van der Waals surface area contributed by atoms with Crippen molar-refractivity contribution in [2.24, 2.45) is 0 Å². The summed E-state index contributed by atoms with van der Waals surface area (Å²) in [5.74, 6) is 0. The molecule has 0 unspecified atom stereocenters. The molecule has 6 aromatic rings. The van der Waals surface area contributed by atoms with Crippen LogP contribution in [-0.2, 0) is 5.41 Å². The van der Waals surface area contributed by atoms with E-state index in [-0.39, 0.29) is 5.41 Å². The summed E-state index contributed by atoms with van der Waals surface area (Å²) in [6, 6.07) is 39.6. The highest BCUT2D eigenvalue weighted by Gasteiger charge is 2.35. The monoisotopic (exact) mass is 447 g/mol. The molecule has 0 fully saturated rings. The SMILES string of the molecule is CC1(C)c2ccccc2-c2cccc3c(-c4cccc(-c5ccccn5)c4)c4ccccc4c1c23. The van der Waals surface area contributed by atoms with Crippen molar-refractivity contribution in [1.29, 1.82) is 0 Å². The Balaban J connectivity index is 1.64. The minimum atomic E-state index is -0.100. The van der Waals surface area contributed by atoms with Crippen LogP contribution in [0.4, 0.5) is 0 Å². The molecule has 0 saturated heterocycles. The van der Waals surface area contributed by atoms with Crippen LogP contribution in [0.3, 0.4) is 0 Å². The lowest BCUT2D eigenvalue weighted by Crippen LogP contribution is -2.24. The zero-order valence-electron chi connectivity index (χ0n) is 19.9. The Morgan fingerprint density at radius 3 is 2.11 bits per heavy atom. The van der Waals surface area contributed by atoms with E-state index < -0.39 is 0 Å². The fourth-order valence-corrected chi connectivity index (χ4v) is 6.18. The molecule has 0 radical (unpaired) electrons. The average molecular weight is 448 g/mol. The summed E-state index contributed by atoms with van der Waals surface area (Å²) in [5.41, 5.74) is 10.1. The summed E-state index contributed by atoms with van der Waals surface area (Å²) >= 11 is 0. The topological polar surface area (TPSA) is 12.9 Å². The van der Waals surface area contributed by atoms with E-state index in [0.717, 1.165) is 11.3 Å². The number of aromatic nitrogens is 1. The molecule has 1 aliphatic carbocycles. The van der Waals surface area contributed by atoms with Gasteiger partial charge in [0.1, 0.15) is 0 Å². The molecule has 1 aromatic heterocycles. The fraction of sp³-hybridized carbons (Fsp3) is 0.0882. The Morgan fingerprint density at radius 1 is 0.571 bits per heavy atom. The lowest BCUT2D eigenvalue weighted by molar-refractivity contribution is 0.651. The van der Waals surface area contributed by atoms with Crippen LogP contribution in [0.5, 0.6) is 0 Å². The van der Waals surface area contributed by atoms with E-state index in [9.17, 15) is 0 Å². The molecule has 1 heterocycles. The second kappa shape index (κ2) is 7.38. The fourth-order valence-electron chi connectivity index (χ4n) is 6.18. The Labute approximate surface area is 205 Å². The highest BCUT2D eigenvalue weighted by molar-refractivity contribution is 6.20. The highest BCUT2D eigenvalue weighted by Crippen LogP contribution is 2.53. The first-order valence-electron chi connectivity index (χ1n) is 12.2. The van der Waals surface area contributed by atoms with Crippen molar-refractivity contribution in [3.63, 3.8) is 0 Å². The van der Waals surface area contributed by atoms with Crippen LogP contribution in [0.25, 0.3) is 55.1 Å². The zero-order valence-corrected chi connectivity index (χ0v) is 19.9. The van der Waals surface area contributed by atoms with Gasteiger partial charge in [0.2, 0.25) is 0 Å². The minimum Gasteiger partial charge on any atom is -0.256 e. The van der Waals surface area contributed by atoms with Crippen LogP contribution in [-0.4, -0.2) is 4.98 Å². The van der Waals surface area contributed by atoms with Gasteiger partial charge in [0.25, 0.3) is 0 Å². The lowest BCUT2D eigenvalue weighted by Gasteiger charge is -2.37. The van der Waals surface area contributed by atoms with Gasteiger partial charge in [-0.25, -0.2) is 0 Å². The van der Waals surface area contributed by atoms with Gasteiger partial charge < -0.3 is 0 Å². The molecule has 1 heteroatoms. The molecule has 5 aromatic carbocycles. The van der Waals surface area contributed by atoms with Crippen molar-refractivity contribution in [3.05, 3.63) is 127 Å². The molecule has 0 N–H and O–H groups in total. The third-order valence-corrected chi connectivity index (χ3v) is 7.68. The molecule has 0 bridgehead atoms. The van der Waals surface area contributed by atoms with Gasteiger partial charge in [-0.05, 0) is 73.1 Å². The molecule has 0 amide bonds. The standard InChI is InChI=1S/C34H25N/c1-34(2)29-18-6-5-13-24(29)25-16-10-17-28-31(26-14-3-4-15-27(26)33(34)32(25)28)23-12-9-11-22(21-23)30-19-7-8-20-35-30/h3-21H,1-2H3. The van der Waals surface area contributed by atoms with E-state index in [2.05, 4.69) is 116 Å². The van der Waals surface area contributed by atoms with Crippen LogP contribution < -0.4 is 0 Å². The maximum Gasteiger partial charge on any atom is 0.0702 e. The summed E-state index contributed by atoms with van der Waals surface area (Å²) in [7, 11) is 0. The van der Waals surface area contributed by atoms with E-state index in [4.69, 9.17) is 0 Å². The highest BCUT2D eigenvalue weighted by atomic mass is 14.7. The van der Waals surface area contributed by atoms with Gasteiger partial charge in [-0.2, -0.15) is 0 Å². The van der Waals surface area contributed by atoms with Crippen molar-refractivity contribution < 1.29 is 0 Å². The van der Waals surface area contributed by atoms with Gasteiger partial charge in [-0.3, -0.25) is 4.98 Å². The maximum atomic E-state index is 4.60. The van der Waals surface area contributed by atoms with Crippen molar-refractivity contribution in [3.8, 4) is 33.5 Å². The number of fused-ring (bicyclic) bond motifs is 4. The molecule has 35 heavy (non-hydrogen) atoms. The van der Waals surface area contributed by atoms with Crippen molar-refractivity contribution in [2.45, 2.75) is 19.3 Å². The van der Waals surface area contributed by atoms with Gasteiger partial charge in [0, 0.05) is 17.2 Å². The molecule has 0 aliphatic heterocycles. The van der Waals surface area contributed by atoms with E-state index in [1.165, 1.54) is 54.9 Å². The van der Waals surface area contributed by atoms with Crippen molar-refractivity contribution >= 4 is 21.5 Å². The first-order valence-corrected chi connectivity index (χ1v) is 12.2. The summed E-state index contributed by atoms with van der Waals surface area (Å²) in [6.07, 6.45) is 1.86. The molecule has 166 valence electrons. The summed E-state index contributed by atoms with van der Waals surface area (Å²) < 4.78 is 0. The summed E-state index contributed by atoms with van der Waals surface area (Å²) in [5, 5.41) is 5.34. The normalized spacial score (nSPS) is 13.7. The molecule has 0 atom stereocenters. The second-order valence-electron chi connectivity index (χ2n) is 9.99. The first kappa shape index (κ1) is 20.2. The Kier molecular flexibility index (Phi) is 4.25. The Morgan fingerprint density at radius 2 is 1.26 bits per heavy atom. The average Bonchev–Trinajstić information content (AvgIpc) is 2.91. The predicted octanol–water partition coefficient (Wildman–Crippen LogP) is 9.03. The molecular formula is C34H25N. The minimum absolute atomic E-state index is 0.100. The predicted molar refractivity (Wildman–Crippen MR) is 148 cm³/mol. The number of rotatable bonds is 2. The number of pyridine rings is 1. The van der Waals surface area contributed by atoms with Gasteiger partial charge >= 0.3 is 0 Å². The third-order valence-electron chi connectivity index (χ3n) is 7.68. The van der Waals surface area contributed by atoms with Crippen LogP contribution in [0.15, 0.2) is 115 Å². The van der Waals surface area contributed by atoms with Crippen LogP contribution in [0.2, 0.25) is 0 Å². The summed E-state index contributed by atoms with van der Waals surface area (Å²) in [6.45, 7) is 4.76. The van der Waals surface area contributed by atoms with Crippen LogP contribution in [0.1, 0.15) is 25.0 Å². The summed E-state index contributed by atoms with van der Waals surface area (Å²) in [4.78, 5) is 4.60. The Hall–Kier alpha value is -4.23. The zero-order chi connectivity index (χ0) is 23.6. The van der Waals surface area contributed by atoms with E-state index in [1.54, 1.807) is 0 Å². The molecule has 1 nitrogen and oxygen atoms in total. The quantitative estimate of drug-likeness (QED) is 0.241. The number of benzene rings is 5. The van der Waals surface area contributed by atoms with Crippen LogP contribution >= 0.6 is 0 Å². The number of hydrogen-bond acceptors (Lipinski definition) is 1. The van der Waals surface area contributed by atoms with Gasteiger partial charge in [0.15, 0.2) is 0 Å². The molecule has 7 rings (SSSR count). The van der Waals surface area contributed by atoms with E-state index >= 15 is 0 Å². The molecule has 0 spiro atoms. The third kappa shape index (κ3) is 2.85. The van der Waals surface area contributed by atoms with Crippen molar-refractivity contribution in [2.75, 3.05) is 0 Å². The van der Waals surface area contributed by atoms with E-state index in [1.807, 2.05) is 18.3 Å². The first-order chi connectivity index (χ1) is 17.1. The molecule has 1 aliphatic rings. The Bertz CT molecular complexity index is 1760. The van der Waals surface area contributed by atoms with Crippen molar-refractivity contribution in [1.82, 2.24) is 4.98 Å². The molecular weight excluding hydrogens is 422 g/mol. The lowest BCUT2D eigenvalue weighted by atomic mass is 9.66. The number of nitrogens with zero attached hydrogens (tertiary/aromatic N) is 1. The largest absolute Gasteiger partial charge is 0.256 e. The maximum absolute atomic E-state index is 4.60. The second-order valence-corrected chi connectivity index (χ2v) is 9.99. The van der Waals surface area contributed by atoms with Gasteiger partial charge in [0.05, 0.1) is 5.69 Å².